The van der Waals surface area contributed by atoms with Crippen LogP contribution >= 0.6 is 11.8 Å². The van der Waals surface area contributed by atoms with Gasteiger partial charge in [0.2, 0.25) is 0 Å². The maximum absolute atomic E-state index is 13.6. The summed E-state index contributed by atoms with van der Waals surface area (Å²) in [7, 11) is 0. The number of pyridine rings is 1. The number of anilines is 2. The van der Waals surface area contributed by atoms with E-state index in [-0.39, 0.29) is 10.9 Å². The number of carbonyl (C=O) groups is 1. The average Bonchev–Trinajstić information content (AvgIpc) is 2.71. The number of para-hydroxylation sites is 1. The molecule has 4 nitrogen and oxygen atoms in total. The van der Waals surface area contributed by atoms with Crippen LogP contribution in [0.5, 0.6) is 0 Å². The highest BCUT2D eigenvalue weighted by Crippen LogP contribution is 2.45. The Balaban J connectivity index is 1.64. The van der Waals surface area contributed by atoms with Crippen LogP contribution < -0.4 is 5.32 Å². The van der Waals surface area contributed by atoms with E-state index in [2.05, 4.69) is 16.4 Å². The van der Waals surface area contributed by atoms with Gasteiger partial charge in [0, 0.05) is 20.7 Å². The lowest BCUT2D eigenvalue weighted by Crippen LogP contribution is -2.02. The van der Waals surface area contributed by atoms with Gasteiger partial charge in [-0.15, -0.1) is 0 Å². The van der Waals surface area contributed by atoms with Crippen LogP contribution in [0.2, 0.25) is 0 Å². The van der Waals surface area contributed by atoms with Crippen molar-refractivity contribution in [3.63, 3.8) is 0 Å². The highest BCUT2D eigenvalue weighted by molar-refractivity contribution is 7.99. The Labute approximate surface area is 164 Å². The lowest BCUT2D eigenvalue weighted by Gasteiger charge is -2.21. The van der Waals surface area contributed by atoms with Crippen molar-refractivity contribution in [2.45, 2.75) is 9.79 Å². The van der Waals surface area contributed by atoms with Gasteiger partial charge in [0.05, 0.1) is 28.1 Å². The Hall–Kier alpha value is -3.38. The third-order valence-electron chi connectivity index (χ3n) is 4.65. The Bertz CT molecular complexity index is 1270. The van der Waals surface area contributed by atoms with E-state index in [1.165, 1.54) is 24.3 Å². The zero-order valence-corrected chi connectivity index (χ0v) is 15.3. The molecule has 28 heavy (non-hydrogen) atoms. The Morgan fingerprint density at radius 2 is 1.79 bits per heavy atom. The van der Waals surface area contributed by atoms with Crippen LogP contribution in [0.3, 0.4) is 0 Å². The SMILES string of the molecule is O=C(O)c1cc(-c2ccc3c(c2)Nc2ccccc2S3)nc2ccc(F)cc12. The monoisotopic (exact) mass is 388 g/mol. The van der Waals surface area contributed by atoms with Crippen LogP contribution in [0.15, 0.2) is 76.5 Å². The molecular formula is C22H13FN2O2S. The molecule has 0 unspecified atom stereocenters. The van der Waals surface area contributed by atoms with Gasteiger partial charge in [-0.05, 0) is 48.5 Å². The van der Waals surface area contributed by atoms with E-state index < -0.39 is 11.8 Å². The van der Waals surface area contributed by atoms with Crippen molar-refractivity contribution in [2.75, 3.05) is 5.32 Å². The molecule has 0 amide bonds. The maximum Gasteiger partial charge on any atom is 0.336 e. The summed E-state index contributed by atoms with van der Waals surface area (Å²) >= 11 is 1.68. The summed E-state index contributed by atoms with van der Waals surface area (Å²) in [6.45, 7) is 0. The average molecular weight is 388 g/mol. The van der Waals surface area contributed by atoms with Gasteiger partial charge in [0.25, 0.3) is 0 Å². The molecule has 0 saturated carbocycles. The topological polar surface area (TPSA) is 62.2 Å². The molecule has 0 atom stereocenters. The molecule has 6 heteroatoms. The molecule has 0 aliphatic carbocycles. The molecule has 0 saturated heterocycles. The standard InChI is InChI=1S/C22H13FN2O2S/c23-13-6-7-16-14(10-13)15(22(26)27)11-18(24-16)12-5-8-21-19(9-12)25-17-3-1-2-4-20(17)28-21/h1-11,25H,(H,26,27). The molecule has 136 valence electrons. The fraction of sp³-hybridized carbons (Fsp3) is 0. The molecule has 1 aliphatic rings. The molecule has 0 radical (unpaired) electrons. The van der Waals surface area contributed by atoms with Gasteiger partial charge in [-0.3, -0.25) is 0 Å². The molecule has 2 N–H and O–H groups in total. The summed E-state index contributed by atoms with van der Waals surface area (Å²) in [4.78, 5) is 18.5. The van der Waals surface area contributed by atoms with Crippen LogP contribution in [0.1, 0.15) is 10.4 Å². The van der Waals surface area contributed by atoms with Crippen molar-refractivity contribution < 1.29 is 14.3 Å². The first-order valence-electron chi connectivity index (χ1n) is 8.60. The second kappa shape index (κ2) is 6.35. The van der Waals surface area contributed by atoms with Gasteiger partial charge in [-0.2, -0.15) is 0 Å². The number of rotatable bonds is 2. The number of hydrogen-bond donors (Lipinski definition) is 2. The van der Waals surface area contributed by atoms with Crippen molar-refractivity contribution >= 4 is 40.0 Å². The summed E-state index contributed by atoms with van der Waals surface area (Å²) in [5.41, 5.74) is 3.78. The van der Waals surface area contributed by atoms with Gasteiger partial charge in [0.15, 0.2) is 0 Å². The number of carboxylic acid groups (broad SMARTS) is 1. The molecule has 5 rings (SSSR count). The number of hydrogen-bond acceptors (Lipinski definition) is 4. The normalized spacial score (nSPS) is 12.2. The number of nitrogens with zero attached hydrogens (tertiary/aromatic N) is 1. The van der Waals surface area contributed by atoms with Gasteiger partial charge >= 0.3 is 5.97 Å². The fourth-order valence-corrected chi connectivity index (χ4v) is 4.29. The summed E-state index contributed by atoms with van der Waals surface area (Å²) in [5, 5.41) is 13.3. The molecule has 0 spiro atoms. The van der Waals surface area contributed by atoms with Crippen LogP contribution in [0.25, 0.3) is 22.2 Å². The molecule has 1 aliphatic heterocycles. The third-order valence-corrected chi connectivity index (χ3v) is 5.80. The first-order chi connectivity index (χ1) is 13.6. The number of aromatic carboxylic acids is 1. The molecule has 0 fully saturated rings. The molecular weight excluding hydrogens is 375 g/mol. The smallest absolute Gasteiger partial charge is 0.336 e. The van der Waals surface area contributed by atoms with Crippen LogP contribution in [-0.2, 0) is 0 Å². The minimum absolute atomic E-state index is 0.0323. The van der Waals surface area contributed by atoms with E-state index in [1.807, 2.05) is 36.4 Å². The van der Waals surface area contributed by atoms with E-state index in [0.29, 0.717) is 11.2 Å². The molecule has 3 aromatic carbocycles. The molecule has 2 heterocycles. The first kappa shape index (κ1) is 16.8. The molecule has 0 bridgehead atoms. The Morgan fingerprint density at radius 3 is 2.64 bits per heavy atom. The lowest BCUT2D eigenvalue weighted by atomic mass is 10.0. The maximum atomic E-state index is 13.6. The second-order valence-electron chi connectivity index (χ2n) is 6.46. The predicted molar refractivity (Wildman–Crippen MR) is 108 cm³/mol. The van der Waals surface area contributed by atoms with Crippen LogP contribution in [-0.4, -0.2) is 16.1 Å². The number of aromatic nitrogens is 1. The van der Waals surface area contributed by atoms with E-state index in [1.54, 1.807) is 11.8 Å². The van der Waals surface area contributed by atoms with Crippen LogP contribution in [0, 0.1) is 5.82 Å². The number of benzene rings is 3. The number of carboxylic acids is 1. The van der Waals surface area contributed by atoms with Gasteiger partial charge < -0.3 is 10.4 Å². The van der Waals surface area contributed by atoms with Crippen molar-refractivity contribution in [3.05, 3.63) is 78.1 Å². The predicted octanol–water partition coefficient (Wildman–Crippen LogP) is 5.95. The summed E-state index contributed by atoms with van der Waals surface area (Å²) < 4.78 is 13.6. The van der Waals surface area contributed by atoms with Crippen molar-refractivity contribution in [3.8, 4) is 11.3 Å². The summed E-state index contributed by atoms with van der Waals surface area (Å²) in [6.07, 6.45) is 0. The largest absolute Gasteiger partial charge is 0.478 e. The van der Waals surface area contributed by atoms with Gasteiger partial charge in [-0.25, -0.2) is 14.2 Å². The van der Waals surface area contributed by atoms with Crippen molar-refractivity contribution in [1.29, 1.82) is 0 Å². The van der Waals surface area contributed by atoms with E-state index in [0.717, 1.165) is 26.7 Å². The third kappa shape index (κ3) is 2.78. The van der Waals surface area contributed by atoms with Crippen molar-refractivity contribution in [1.82, 2.24) is 4.98 Å². The summed E-state index contributed by atoms with van der Waals surface area (Å²) in [5.74, 6) is -1.60. The van der Waals surface area contributed by atoms with E-state index in [4.69, 9.17) is 0 Å². The lowest BCUT2D eigenvalue weighted by molar-refractivity contribution is 0.0699. The van der Waals surface area contributed by atoms with Gasteiger partial charge in [-0.1, -0.05) is 30.0 Å². The summed E-state index contributed by atoms with van der Waals surface area (Å²) in [6, 6.07) is 19.4. The molecule has 1 aromatic heterocycles. The number of nitrogens with one attached hydrogen (secondary N) is 1. The Kier molecular flexibility index (Phi) is 3.80. The Morgan fingerprint density at radius 1 is 0.964 bits per heavy atom. The first-order valence-corrected chi connectivity index (χ1v) is 9.42. The van der Waals surface area contributed by atoms with Crippen molar-refractivity contribution in [2.24, 2.45) is 0 Å². The van der Waals surface area contributed by atoms with E-state index >= 15 is 0 Å². The highest BCUT2D eigenvalue weighted by Gasteiger charge is 2.18. The zero-order valence-electron chi connectivity index (χ0n) is 14.4. The van der Waals surface area contributed by atoms with E-state index in [9.17, 15) is 14.3 Å². The van der Waals surface area contributed by atoms with Gasteiger partial charge in [0.1, 0.15) is 5.82 Å². The molecule has 4 aromatic rings. The quantitative estimate of drug-likeness (QED) is 0.391. The highest BCUT2D eigenvalue weighted by atomic mass is 32.2. The minimum atomic E-state index is -1.11. The fourth-order valence-electron chi connectivity index (χ4n) is 3.32. The van der Waals surface area contributed by atoms with Crippen LogP contribution in [0.4, 0.5) is 15.8 Å². The number of fused-ring (bicyclic) bond motifs is 3. The second-order valence-corrected chi connectivity index (χ2v) is 7.54. The minimum Gasteiger partial charge on any atom is -0.478 e. The zero-order chi connectivity index (χ0) is 19.3. The number of halogens is 1.